The molecule has 0 aliphatic heterocycles. The van der Waals surface area contributed by atoms with Crippen LogP contribution < -0.4 is 11.1 Å². The molecule has 0 saturated carbocycles. The zero-order valence-corrected chi connectivity index (χ0v) is 7.37. The summed E-state index contributed by atoms with van der Waals surface area (Å²) in [4.78, 5) is 10.5. The summed E-state index contributed by atoms with van der Waals surface area (Å²) in [5.74, 6) is 0.410. The topological polar surface area (TPSA) is 83.8 Å². The van der Waals surface area contributed by atoms with E-state index in [1.807, 2.05) is 6.08 Å². The van der Waals surface area contributed by atoms with Crippen molar-refractivity contribution in [3.8, 4) is 0 Å². The Labute approximate surface area is 76.0 Å². The number of anilines is 1. The zero-order chi connectivity index (χ0) is 9.68. The third kappa shape index (κ3) is 3.42. The minimum Gasteiger partial charge on any atom is -0.382 e. The molecule has 0 aliphatic rings. The van der Waals surface area contributed by atoms with Crippen molar-refractivity contribution in [2.75, 3.05) is 12.3 Å². The van der Waals surface area contributed by atoms with E-state index < -0.39 is 0 Å². The van der Waals surface area contributed by atoms with E-state index in [9.17, 15) is 4.79 Å². The van der Waals surface area contributed by atoms with Crippen molar-refractivity contribution >= 4 is 17.8 Å². The number of H-pyrrole nitrogens is 1. The molecule has 0 aliphatic carbocycles. The van der Waals surface area contributed by atoms with E-state index in [4.69, 9.17) is 5.73 Å². The van der Waals surface area contributed by atoms with E-state index in [1.54, 1.807) is 12.1 Å². The lowest BCUT2D eigenvalue weighted by Crippen LogP contribution is -2.19. The molecule has 1 rings (SSSR count). The van der Waals surface area contributed by atoms with Crippen molar-refractivity contribution in [1.82, 2.24) is 15.5 Å². The number of carbonyl (C=O) groups is 1. The quantitative estimate of drug-likeness (QED) is 0.618. The Morgan fingerprint density at radius 2 is 2.62 bits per heavy atom. The fourth-order valence-electron chi connectivity index (χ4n) is 0.827. The molecule has 1 heterocycles. The summed E-state index contributed by atoms with van der Waals surface area (Å²) in [5.41, 5.74) is 6.21. The summed E-state index contributed by atoms with van der Waals surface area (Å²) in [7, 11) is 0. The molecule has 0 saturated heterocycles. The van der Waals surface area contributed by atoms with E-state index in [0.717, 1.165) is 5.69 Å². The molecular weight excluding hydrogens is 168 g/mol. The maximum absolute atomic E-state index is 10.5. The predicted octanol–water partition coefficient (Wildman–Crippen LogP) is 0.141. The van der Waals surface area contributed by atoms with Gasteiger partial charge in [0.2, 0.25) is 5.91 Å². The molecule has 1 aromatic heterocycles. The van der Waals surface area contributed by atoms with Crippen molar-refractivity contribution in [2.24, 2.45) is 0 Å². The van der Waals surface area contributed by atoms with E-state index in [2.05, 4.69) is 15.5 Å². The van der Waals surface area contributed by atoms with Gasteiger partial charge < -0.3 is 11.1 Å². The van der Waals surface area contributed by atoms with Gasteiger partial charge in [-0.1, -0.05) is 6.08 Å². The molecule has 0 bridgehead atoms. The molecule has 0 fully saturated rings. The molecule has 0 spiro atoms. The number of hydrogen-bond acceptors (Lipinski definition) is 3. The van der Waals surface area contributed by atoms with Crippen LogP contribution in [0.2, 0.25) is 0 Å². The van der Waals surface area contributed by atoms with Gasteiger partial charge in [0, 0.05) is 19.5 Å². The Kier molecular flexibility index (Phi) is 3.08. The van der Waals surface area contributed by atoms with Gasteiger partial charge in [0.1, 0.15) is 5.82 Å². The molecular formula is C8H12N4O. The van der Waals surface area contributed by atoms with Gasteiger partial charge in [0.15, 0.2) is 0 Å². The summed E-state index contributed by atoms with van der Waals surface area (Å²) >= 11 is 0. The van der Waals surface area contributed by atoms with Gasteiger partial charge in [0.05, 0.1) is 5.69 Å². The van der Waals surface area contributed by atoms with Crippen molar-refractivity contribution in [2.45, 2.75) is 6.92 Å². The number of aromatic nitrogens is 2. The van der Waals surface area contributed by atoms with E-state index >= 15 is 0 Å². The highest BCUT2D eigenvalue weighted by Crippen LogP contribution is 2.01. The number of nitrogens with two attached hydrogens (primary N) is 1. The van der Waals surface area contributed by atoms with Crippen LogP contribution in [0.1, 0.15) is 12.6 Å². The van der Waals surface area contributed by atoms with Gasteiger partial charge in [0.25, 0.3) is 0 Å². The summed E-state index contributed by atoms with van der Waals surface area (Å²) in [6.45, 7) is 1.98. The summed E-state index contributed by atoms with van der Waals surface area (Å²) < 4.78 is 0. The number of amides is 1. The first kappa shape index (κ1) is 9.31. The van der Waals surface area contributed by atoms with Crippen LogP contribution in [-0.4, -0.2) is 22.6 Å². The lowest BCUT2D eigenvalue weighted by atomic mass is 10.3. The Bertz CT molecular complexity index is 316. The minimum atomic E-state index is -0.0474. The first-order valence-corrected chi connectivity index (χ1v) is 3.90. The second-order valence-electron chi connectivity index (χ2n) is 2.59. The lowest BCUT2D eigenvalue weighted by molar-refractivity contribution is -0.118. The molecule has 70 valence electrons. The van der Waals surface area contributed by atoms with E-state index in [-0.39, 0.29) is 5.91 Å². The maximum atomic E-state index is 10.5. The molecule has 5 heteroatoms. The number of rotatable bonds is 3. The lowest BCUT2D eigenvalue weighted by Gasteiger charge is -1.93. The van der Waals surface area contributed by atoms with Crippen LogP contribution in [0.3, 0.4) is 0 Å². The molecule has 1 aromatic rings. The molecule has 1 amide bonds. The van der Waals surface area contributed by atoms with Crippen molar-refractivity contribution < 1.29 is 4.79 Å². The Morgan fingerprint density at radius 3 is 3.15 bits per heavy atom. The third-order valence-electron chi connectivity index (χ3n) is 1.38. The van der Waals surface area contributed by atoms with Crippen molar-refractivity contribution in [3.63, 3.8) is 0 Å². The Balaban J connectivity index is 2.36. The van der Waals surface area contributed by atoms with Crippen LogP contribution in [0, 0.1) is 0 Å². The van der Waals surface area contributed by atoms with Crippen LogP contribution >= 0.6 is 0 Å². The number of carbonyl (C=O) groups excluding carboxylic acids is 1. The van der Waals surface area contributed by atoms with Gasteiger partial charge in [-0.3, -0.25) is 9.89 Å². The van der Waals surface area contributed by atoms with Crippen LogP contribution in [0.15, 0.2) is 12.1 Å². The largest absolute Gasteiger partial charge is 0.382 e. The first-order valence-electron chi connectivity index (χ1n) is 3.90. The fraction of sp³-hybridized carbons (Fsp3) is 0.250. The number of hydrogen-bond donors (Lipinski definition) is 3. The van der Waals surface area contributed by atoms with Gasteiger partial charge in [-0.05, 0) is 6.08 Å². The second kappa shape index (κ2) is 4.30. The highest BCUT2D eigenvalue weighted by molar-refractivity contribution is 5.73. The van der Waals surface area contributed by atoms with Crippen molar-refractivity contribution in [3.05, 3.63) is 17.8 Å². The van der Waals surface area contributed by atoms with Gasteiger partial charge >= 0.3 is 0 Å². The average molecular weight is 180 g/mol. The Morgan fingerprint density at radius 1 is 1.85 bits per heavy atom. The average Bonchev–Trinajstić information content (AvgIpc) is 2.45. The number of nitrogens with zero attached hydrogens (tertiary/aromatic N) is 1. The first-order chi connectivity index (χ1) is 6.18. The minimum absolute atomic E-state index is 0.0474. The van der Waals surface area contributed by atoms with E-state index in [0.29, 0.717) is 12.4 Å². The standard InChI is InChI=1S/C8H12N4O/c1-6(13)10-4-2-3-7-5-8(9)12-11-7/h2-3,5H,4H2,1H3,(H,10,13)(H3,9,11,12). The highest BCUT2D eigenvalue weighted by Gasteiger charge is 1.91. The maximum Gasteiger partial charge on any atom is 0.217 e. The zero-order valence-electron chi connectivity index (χ0n) is 7.37. The van der Waals surface area contributed by atoms with Gasteiger partial charge in [-0.25, -0.2) is 0 Å². The normalized spacial score (nSPS) is 10.5. The third-order valence-corrected chi connectivity index (χ3v) is 1.38. The molecule has 4 N–H and O–H groups in total. The predicted molar refractivity (Wildman–Crippen MR) is 50.7 cm³/mol. The smallest absolute Gasteiger partial charge is 0.217 e. The SMILES string of the molecule is CC(=O)NCC=Cc1cc(N)n[nH]1. The number of aromatic amines is 1. The van der Waals surface area contributed by atoms with Gasteiger partial charge in [-0.15, -0.1) is 0 Å². The van der Waals surface area contributed by atoms with Crippen LogP contribution in [-0.2, 0) is 4.79 Å². The number of nitrogen functional groups attached to an aromatic ring is 1. The summed E-state index contributed by atoms with van der Waals surface area (Å²) in [6, 6.07) is 1.71. The summed E-state index contributed by atoms with van der Waals surface area (Å²) in [5, 5.41) is 9.09. The number of nitrogens with one attached hydrogen (secondary N) is 2. The highest BCUT2D eigenvalue weighted by atomic mass is 16.1. The van der Waals surface area contributed by atoms with Crippen molar-refractivity contribution in [1.29, 1.82) is 0 Å². The summed E-state index contributed by atoms with van der Waals surface area (Å²) in [6.07, 6.45) is 3.62. The molecule has 5 nitrogen and oxygen atoms in total. The van der Waals surface area contributed by atoms with E-state index in [1.165, 1.54) is 6.92 Å². The van der Waals surface area contributed by atoms with Gasteiger partial charge in [-0.2, -0.15) is 5.10 Å². The van der Waals surface area contributed by atoms with Crippen LogP contribution in [0.25, 0.3) is 6.08 Å². The second-order valence-corrected chi connectivity index (χ2v) is 2.59. The van der Waals surface area contributed by atoms with Crippen LogP contribution in [0.5, 0.6) is 0 Å². The molecule has 0 radical (unpaired) electrons. The Hall–Kier alpha value is -1.78. The monoisotopic (exact) mass is 180 g/mol. The van der Waals surface area contributed by atoms with Crippen LogP contribution in [0.4, 0.5) is 5.82 Å². The molecule has 13 heavy (non-hydrogen) atoms. The molecule has 0 aromatic carbocycles. The fourth-order valence-corrected chi connectivity index (χ4v) is 0.827. The molecule has 0 unspecified atom stereocenters. The molecule has 0 atom stereocenters.